The number of hydrogen-bond acceptors (Lipinski definition) is 2. The Kier molecular flexibility index (Phi) is 3.36. The zero-order valence-corrected chi connectivity index (χ0v) is 11.2. The highest BCUT2D eigenvalue weighted by atomic mass is 35.5. The summed E-state index contributed by atoms with van der Waals surface area (Å²) >= 11 is 5.93. The van der Waals surface area contributed by atoms with Gasteiger partial charge in [-0.05, 0) is 30.3 Å². The number of hydrogen-bond donors (Lipinski definition) is 1. The molecule has 2 N–H and O–H groups in total. The van der Waals surface area contributed by atoms with Gasteiger partial charge < -0.3 is 10.5 Å². The van der Waals surface area contributed by atoms with Crippen LogP contribution in [0.2, 0.25) is 5.02 Å². The second-order valence-corrected chi connectivity index (χ2v) is 5.23. The van der Waals surface area contributed by atoms with Crippen LogP contribution in [0.5, 0.6) is 5.75 Å². The Morgan fingerprint density at radius 3 is 2.65 bits per heavy atom. The largest absolute Gasteiger partial charge is 0.485 e. The number of nitrogens with two attached hydrogens (primary N) is 1. The Morgan fingerprint density at radius 2 is 1.90 bits per heavy atom. The summed E-state index contributed by atoms with van der Waals surface area (Å²) < 4.78 is 32.5. The molecule has 104 valence electrons. The highest BCUT2D eigenvalue weighted by Crippen LogP contribution is 2.41. The van der Waals surface area contributed by atoms with Gasteiger partial charge in [0.15, 0.2) is 0 Å². The van der Waals surface area contributed by atoms with Gasteiger partial charge in [-0.2, -0.15) is 0 Å². The fourth-order valence-corrected chi connectivity index (χ4v) is 2.61. The lowest BCUT2D eigenvalue weighted by Crippen LogP contribution is -2.24. The summed E-state index contributed by atoms with van der Waals surface area (Å²) in [5, 5.41) is 0.578. The molecule has 1 aliphatic rings. The zero-order valence-electron chi connectivity index (χ0n) is 10.4. The summed E-state index contributed by atoms with van der Waals surface area (Å²) in [6.07, 6.45) is -0.116. The number of rotatable bonds is 1. The van der Waals surface area contributed by atoms with Crippen LogP contribution in [-0.4, -0.2) is 0 Å². The van der Waals surface area contributed by atoms with Crippen LogP contribution in [-0.2, 0) is 0 Å². The molecule has 0 saturated heterocycles. The van der Waals surface area contributed by atoms with E-state index < -0.39 is 17.7 Å². The molecule has 2 nitrogen and oxygen atoms in total. The van der Waals surface area contributed by atoms with Gasteiger partial charge in [-0.15, -0.1) is 0 Å². The summed E-state index contributed by atoms with van der Waals surface area (Å²) in [7, 11) is 0. The van der Waals surface area contributed by atoms with E-state index in [4.69, 9.17) is 22.1 Å². The van der Waals surface area contributed by atoms with E-state index in [0.717, 1.165) is 11.6 Å². The van der Waals surface area contributed by atoms with Crippen molar-refractivity contribution >= 4 is 11.6 Å². The van der Waals surface area contributed by atoms with E-state index in [1.165, 1.54) is 12.1 Å². The fourth-order valence-electron chi connectivity index (χ4n) is 2.43. The molecular weight excluding hydrogens is 284 g/mol. The van der Waals surface area contributed by atoms with Crippen molar-refractivity contribution in [3.8, 4) is 5.75 Å². The summed E-state index contributed by atoms with van der Waals surface area (Å²) in [5.41, 5.74) is 7.20. The van der Waals surface area contributed by atoms with Crippen molar-refractivity contribution in [1.29, 1.82) is 0 Å². The van der Waals surface area contributed by atoms with Gasteiger partial charge in [-0.3, -0.25) is 0 Å². The predicted molar refractivity (Wildman–Crippen MR) is 72.7 cm³/mol. The van der Waals surface area contributed by atoms with Crippen molar-refractivity contribution in [3.05, 3.63) is 64.2 Å². The number of halogens is 3. The Labute approximate surface area is 120 Å². The van der Waals surface area contributed by atoms with Crippen LogP contribution in [0.3, 0.4) is 0 Å². The summed E-state index contributed by atoms with van der Waals surface area (Å²) in [5.74, 6) is -0.653. The first-order chi connectivity index (χ1) is 9.54. The van der Waals surface area contributed by atoms with Gasteiger partial charge in [-0.25, -0.2) is 8.78 Å². The normalized spacial score (nSPS) is 21.2. The Hall–Kier alpha value is -1.65. The van der Waals surface area contributed by atoms with E-state index in [1.54, 1.807) is 18.2 Å². The molecule has 5 heteroatoms. The van der Waals surface area contributed by atoms with Gasteiger partial charge in [0.25, 0.3) is 0 Å². The highest BCUT2D eigenvalue weighted by molar-refractivity contribution is 6.30. The van der Waals surface area contributed by atoms with Gasteiger partial charge in [0.05, 0.1) is 0 Å². The Morgan fingerprint density at radius 1 is 1.10 bits per heavy atom. The molecule has 1 unspecified atom stereocenters. The molecule has 0 aromatic heterocycles. The van der Waals surface area contributed by atoms with Crippen molar-refractivity contribution < 1.29 is 13.5 Å². The molecule has 2 aromatic rings. The van der Waals surface area contributed by atoms with Crippen LogP contribution in [0.4, 0.5) is 8.78 Å². The molecule has 1 heterocycles. The first kappa shape index (κ1) is 13.3. The quantitative estimate of drug-likeness (QED) is 0.858. The maximum absolute atomic E-state index is 13.8. The molecule has 2 aromatic carbocycles. The second kappa shape index (κ2) is 5.04. The third-order valence-electron chi connectivity index (χ3n) is 3.42. The third kappa shape index (κ3) is 2.37. The lowest BCUT2D eigenvalue weighted by molar-refractivity contribution is 0.157. The summed E-state index contributed by atoms with van der Waals surface area (Å²) in [6.45, 7) is 0. The molecule has 3 rings (SSSR count). The molecule has 1 aliphatic heterocycles. The van der Waals surface area contributed by atoms with E-state index in [9.17, 15) is 8.78 Å². The lowest BCUT2D eigenvalue weighted by Gasteiger charge is -2.30. The van der Waals surface area contributed by atoms with E-state index >= 15 is 0 Å². The fraction of sp³-hybridized carbons (Fsp3) is 0.200. The molecule has 0 fully saturated rings. The molecular formula is C15H12ClF2NO. The molecule has 0 amide bonds. The smallest absolute Gasteiger partial charge is 0.133 e. The van der Waals surface area contributed by atoms with Crippen LogP contribution < -0.4 is 10.5 Å². The van der Waals surface area contributed by atoms with Crippen LogP contribution in [0.15, 0.2) is 36.4 Å². The van der Waals surface area contributed by atoms with Crippen molar-refractivity contribution in [3.63, 3.8) is 0 Å². The van der Waals surface area contributed by atoms with Gasteiger partial charge in [-0.1, -0.05) is 11.6 Å². The van der Waals surface area contributed by atoms with Gasteiger partial charge in [0.2, 0.25) is 0 Å². The van der Waals surface area contributed by atoms with E-state index in [-0.39, 0.29) is 6.04 Å². The lowest BCUT2D eigenvalue weighted by atomic mass is 9.93. The van der Waals surface area contributed by atoms with Crippen LogP contribution >= 0.6 is 11.6 Å². The van der Waals surface area contributed by atoms with E-state index in [2.05, 4.69) is 0 Å². The van der Waals surface area contributed by atoms with Crippen molar-refractivity contribution in [2.75, 3.05) is 0 Å². The summed E-state index contributed by atoms with van der Waals surface area (Å²) in [4.78, 5) is 0. The number of benzene rings is 2. The third-order valence-corrected chi connectivity index (χ3v) is 3.65. The summed E-state index contributed by atoms with van der Waals surface area (Å²) in [6, 6.07) is 8.31. The Bertz CT molecular complexity index is 662. The monoisotopic (exact) mass is 295 g/mol. The van der Waals surface area contributed by atoms with E-state index in [1.807, 2.05) is 0 Å². The minimum Gasteiger partial charge on any atom is -0.485 e. The zero-order chi connectivity index (χ0) is 14.3. The maximum atomic E-state index is 13.8. The maximum Gasteiger partial charge on any atom is 0.133 e. The number of fused-ring (bicyclic) bond motifs is 1. The molecule has 2 atom stereocenters. The molecule has 20 heavy (non-hydrogen) atoms. The van der Waals surface area contributed by atoms with Crippen LogP contribution in [0.25, 0.3) is 0 Å². The first-order valence-corrected chi connectivity index (χ1v) is 6.59. The first-order valence-electron chi connectivity index (χ1n) is 6.21. The average Bonchev–Trinajstić information content (AvgIpc) is 2.39. The number of ether oxygens (including phenoxy) is 1. The average molecular weight is 296 g/mol. The van der Waals surface area contributed by atoms with Crippen molar-refractivity contribution in [1.82, 2.24) is 0 Å². The predicted octanol–water partition coefficient (Wildman–Crippen LogP) is 4.14. The standard InChI is InChI=1S/C15H12ClF2NO/c16-8-1-4-14-11(5-8)13(19)7-15(20-14)10-3-2-9(17)6-12(10)18/h1-6,13,15H,7,19H2/t13-,15?/m1/s1. The topological polar surface area (TPSA) is 35.2 Å². The SMILES string of the molecule is N[C@@H]1CC(c2ccc(F)cc2F)Oc2ccc(Cl)cc21. The van der Waals surface area contributed by atoms with Crippen molar-refractivity contribution in [2.24, 2.45) is 5.73 Å². The molecule has 0 saturated carbocycles. The van der Waals surface area contributed by atoms with Crippen LogP contribution in [0, 0.1) is 11.6 Å². The van der Waals surface area contributed by atoms with E-state index in [0.29, 0.717) is 22.8 Å². The molecule has 0 radical (unpaired) electrons. The van der Waals surface area contributed by atoms with Crippen LogP contribution in [0.1, 0.15) is 29.7 Å². The van der Waals surface area contributed by atoms with Gasteiger partial charge >= 0.3 is 0 Å². The molecule has 0 spiro atoms. The minimum absolute atomic E-state index is 0.299. The highest BCUT2D eigenvalue weighted by Gasteiger charge is 2.29. The van der Waals surface area contributed by atoms with Gasteiger partial charge in [0.1, 0.15) is 23.5 Å². The second-order valence-electron chi connectivity index (χ2n) is 4.80. The molecule has 0 aliphatic carbocycles. The van der Waals surface area contributed by atoms with Gasteiger partial charge in [0, 0.05) is 34.7 Å². The Balaban J connectivity index is 1.97. The minimum atomic E-state index is -0.625. The van der Waals surface area contributed by atoms with Crippen molar-refractivity contribution in [2.45, 2.75) is 18.6 Å². The molecule has 0 bridgehead atoms.